The van der Waals surface area contributed by atoms with Crippen LogP contribution in [0.15, 0.2) is 6.07 Å². The normalized spacial score (nSPS) is 29.8. The van der Waals surface area contributed by atoms with Crippen LogP contribution in [0.3, 0.4) is 0 Å². The molecule has 110 valence electrons. The topological polar surface area (TPSA) is 29.5 Å². The zero-order valence-electron chi connectivity index (χ0n) is 11.8. The predicted molar refractivity (Wildman–Crippen MR) is 84.4 cm³/mol. The number of thiophene rings is 1. The summed E-state index contributed by atoms with van der Waals surface area (Å²) in [5.74, 6) is 2.77. The van der Waals surface area contributed by atoms with Crippen LogP contribution < -0.4 is 0 Å². The van der Waals surface area contributed by atoms with Crippen LogP contribution in [-0.4, -0.2) is 23.1 Å². The monoisotopic (exact) mass is 310 g/mol. The fourth-order valence-electron chi connectivity index (χ4n) is 3.80. The molecule has 0 bridgehead atoms. The molecule has 20 heavy (non-hydrogen) atoms. The predicted octanol–water partition coefficient (Wildman–Crippen LogP) is 3.92. The number of ether oxygens (including phenoxy) is 1. The highest BCUT2D eigenvalue weighted by molar-refractivity contribution is 7.98. The van der Waals surface area contributed by atoms with Crippen molar-refractivity contribution in [1.82, 2.24) is 0 Å². The first-order chi connectivity index (χ1) is 9.76. The van der Waals surface area contributed by atoms with Crippen molar-refractivity contribution < 1.29 is 9.84 Å². The Balaban J connectivity index is 1.51. The molecule has 0 amide bonds. The lowest BCUT2D eigenvalue weighted by atomic mass is 9.70. The van der Waals surface area contributed by atoms with E-state index in [0.717, 1.165) is 25.2 Å². The minimum Gasteiger partial charge on any atom is -0.387 e. The van der Waals surface area contributed by atoms with Crippen molar-refractivity contribution in [3.63, 3.8) is 0 Å². The molecule has 4 rings (SSSR count). The third-order valence-electron chi connectivity index (χ3n) is 5.18. The van der Waals surface area contributed by atoms with Crippen LogP contribution in [0.25, 0.3) is 0 Å². The molecule has 1 aromatic heterocycles. The molecule has 2 atom stereocenters. The fourth-order valence-corrected chi connectivity index (χ4v) is 6.26. The smallest absolute Gasteiger partial charge is 0.0912 e. The van der Waals surface area contributed by atoms with Crippen molar-refractivity contribution in [3.8, 4) is 0 Å². The summed E-state index contributed by atoms with van der Waals surface area (Å²) in [4.78, 5) is 2.72. The number of fused-ring (bicyclic) bond motifs is 1. The molecule has 1 N–H and O–H groups in total. The standard InChI is InChI=1S/C16H22O2S2/c17-15(11-2-6-18-16(9-11)4-1-5-16)14-8-12-10-19-7-3-13(12)20-14/h8,11,15,17H,1-7,9-10H2. The number of hydrogen-bond donors (Lipinski definition) is 1. The van der Waals surface area contributed by atoms with Gasteiger partial charge >= 0.3 is 0 Å². The number of aliphatic hydroxyl groups is 1. The van der Waals surface area contributed by atoms with E-state index in [9.17, 15) is 5.11 Å². The minimum absolute atomic E-state index is 0.136. The molecule has 1 aliphatic carbocycles. The zero-order valence-corrected chi connectivity index (χ0v) is 13.4. The lowest BCUT2D eigenvalue weighted by Gasteiger charge is -2.48. The van der Waals surface area contributed by atoms with Gasteiger partial charge in [-0.1, -0.05) is 0 Å². The van der Waals surface area contributed by atoms with Gasteiger partial charge in [0.15, 0.2) is 0 Å². The molecule has 3 heterocycles. The highest BCUT2D eigenvalue weighted by Gasteiger charge is 2.44. The van der Waals surface area contributed by atoms with Gasteiger partial charge in [-0.2, -0.15) is 11.8 Å². The SMILES string of the molecule is OC(c1cc2c(s1)CCSC2)C1CCOC2(CCC2)C1. The summed E-state index contributed by atoms with van der Waals surface area (Å²) >= 11 is 3.87. The number of thioether (sulfide) groups is 1. The molecule has 2 aliphatic heterocycles. The van der Waals surface area contributed by atoms with Gasteiger partial charge in [-0.15, -0.1) is 11.3 Å². The molecule has 1 aromatic rings. The summed E-state index contributed by atoms with van der Waals surface area (Å²) in [6.45, 7) is 0.836. The average molecular weight is 310 g/mol. The van der Waals surface area contributed by atoms with Gasteiger partial charge in [-0.3, -0.25) is 0 Å². The fraction of sp³-hybridized carbons (Fsp3) is 0.750. The van der Waals surface area contributed by atoms with Crippen molar-refractivity contribution in [3.05, 3.63) is 21.4 Å². The number of hydrogen-bond acceptors (Lipinski definition) is 4. The van der Waals surface area contributed by atoms with Gasteiger partial charge in [0.1, 0.15) is 0 Å². The Morgan fingerprint density at radius 3 is 3.05 bits per heavy atom. The van der Waals surface area contributed by atoms with Crippen LogP contribution in [0.2, 0.25) is 0 Å². The maximum atomic E-state index is 10.8. The van der Waals surface area contributed by atoms with Gasteiger partial charge in [0.2, 0.25) is 0 Å². The maximum Gasteiger partial charge on any atom is 0.0912 e. The number of rotatable bonds is 2. The van der Waals surface area contributed by atoms with Crippen molar-refractivity contribution in [1.29, 1.82) is 0 Å². The molecule has 2 nitrogen and oxygen atoms in total. The third-order valence-corrected chi connectivity index (χ3v) is 7.50. The average Bonchev–Trinajstić information content (AvgIpc) is 2.89. The molecule has 1 saturated heterocycles. The Bertz CT molecular complexity index is 469. The molecule has 3 aliphatic rings. The van der Waals surface area contributed by atoms with Crippen LogP contribution in [0.1, 0.15) is 53.5 Å². The second-order valence-corrected chi connectivity index (χ2v) is 8.76. The number of aliphatic hydroxyl groups excluding tert-OH is 1. The van der Waals surface area contributed by atoms with Crippen LogP contribution >= 0.6 is 23.1 Å². The summed E-state index contributed by atoms with van der Waals surface area (Å²) in [5, 5.41) is 10.8. The van der Waals surface area contributed by atoms with Crippen molar-refractivity contribution in [2.75, 3.05) is 12.4 Å². The lowest BCUT2D eigenvalue weighted by molar-refractivity contribution is -0.157. The van der Waals surface area contributed by atoms with Gasteiger partial charge in [0.25, 0.3) is 0 Å². The molecule has 0 aromatic carbocycles. The summed E-state index contributed by atoms with van der Waals surface area (Å²) in [6.07, 6.45) is 6.70. The first-order valence-corrected chi connectivity index (χ1v) is 9.74. The maximum absolute atomic E-state index is 10.8. The van der Waals surface area contributed by atoms with Gasteiger partial charge < -0.3 is 9.84 Å². The Morgan fingerprint density at radius 2 is 2.30 bits per heavy atom. The van der Waals surface area contributed by atoms with Crippen molar-refractivity contribution in [2.24, 2.45) is 5.92 Å². The molecule has 1 spiro atoms. The first kappa shape index (κ1) is 13.6. The summed E-state index contributed by atoms with van der Waals surface area (Å²) in [6, 6.07) is 2.28. The second-order valence-electron chi connectivity index (χ2n) is 6.48. The molecule has 2 unspecified atom stereocenters. The van der Waals surface area contributed by atoms with E-state index in [1.165, 1.54) is 46.8 Å². The molecular formula is C16H22O2S2. The minimum atomic E-state index is -0.267. The Kier molecular flexibility index (Phi) is 3.62. The third kappa shape index (κ3) is 2.35. The highest BCUT2D eigenvalue weighted by Crippen LogP contribution is 2.48. The van der Waals surface area contributed by atoms with Crippen molar-refractivity contribution in [2.45, 2.75) is 56.0 Å². The summed E-state index contributed by atoms with van der Waals surface area (Å²) in [5.41, 5.74) is 1.61. The molecular weight excluding hydrogens is 288 g/mol. The van der Waals surface area contributed by atoms with E-state index in [-0.39, 0.29) is 11.7 Å². The Hall–Kier alpha value is -0.0300. The van der Waals surface area contributed by atoms with Crippen LogP contribution in [0, 0.1) is 5.92 Å². The molecule has 4 heteroatoms. The van der Waals surface area contributed by atoms with E-state index in [4.69, 9.17) is 4.74 Å². The largest absolute Gasteiger partial charge is 0.387 e. The lowest BCUT2D eigenvalue weighted by Crippen LogP contribution is -2.46. The van der Waals surface area contributed by atoms with E-state index >= 15 is 0 Å². The zero-order chi connectivity index (χ0) is 13.6. The van der Waals surface area contributed by atoms with Crippen molar-refractivity contribution >= 4 is 23.1 Å². The summed E-state index contributed by atoms with van der Waals surface area (Å²) < 4.78 is 5.99. The van der Waals surface area contributed by atoms with Crippen LogP contribution in [0.5, 0.6) is 0 Å². The van der Waals surface area contributed by atoms with E-state index in [1.807, 2.05) is 23.1 Å². The van der Waals surface area contributed by atoms with Crippen LogP contribution in [0.4, 0.5) is 0 Å². The van der Waals surface area contributed by atoms with Gasteiger partial charge in [-0.05, 0) is 61.8 Å². The van der Waals surface area contributed by atoms with Gasteiger partial charge in [0.05, 0.1) is 11.7 Å². The van der Waals surface area contributed by atoms with E-state index in [0.29, 0.717) is 5.92 Å². The molecule has 0 radical (unpaired) electrons. The van der Waals surface area contributed by atoms with Crippen LogP contribution in [-0.2, 0) is 16.9 Å². The van der Waals surface area contributed by atoms with E-state index in [2.05, 4.69) is 6.07 Å². The number of aryl methyl sites for hydroxylation is 1. The Labute approximate surface area is 128 Å². The summed E-state index contributed by atoms with van der Waals surface area (Å²) in [7, 11) is 0. The highest BCUT2D eigenvalue weighted by atomic mass is 32.2. The molecule has 1 saturated carbocycles. The second kappa shape index (κ2) is 5.31. The van der Waals surface area contributed by atoms with Gasteiger partial charge in [0, 0.05) is 22.1 Å². The van der Waals surface area contributed by atoms with E-state index < -0.39 is 0 Å². The quantitative estimate of drug-likeness (QED) is 0.898. The van der Waals surface area contributed by atoms with E-state index in [1.54, 1.807) is 0 Å². The molecule has 2 fully saturated rings. The first-order valence-electron chi connectivity index (χ1n) is 7.77. The van der Waals surface area contributed by atoms with Gasteiger partial charge in [-0.25, -0.2) is 0 Å². The Morgan fingerprint density at radius 1 is 1.40 bits per heavy atom.